The van der Waals surface area contributed by atoms with Crippen LogP contribution in [0.4, 0.5) is 0 Å². The first kappa shape index (κ1) is 18.9. The van der Waals surface area contributed by atoms with Gasteiger partial charge in [-0.3, -0.25) is 4.90 Å². The Morgan fingerprint density at radius 3 is 2.62 bits per heavy atom. The number of rotatable bonds is 7. The lowest BCUT2D eigenvalue weighted by Crippen LogP contribution is -2.35. The van der Waals surface area contributed by atoms with Crippen molar-refractivity contribution in [1.82, 2.24) is 4.90 Å². The van der Waals surface area contributed by atoms with Crippen molar-refractivity contribution in [2.45, 2.75) is 42.8 Å². The quantitative estimate of drug-likeness (QED) is 0.722. The van der Waals surface area contributed by atoms with E-state index in [2.05, 4.69) is 11.0 Å². The fourth-order valence-corrected chi connectivity index (χ4v) is 5.00. The molecular formula is C21H27NO3S. The largest absolute Gasteiger partial charge is 0.472 e. The topological polar surface area (TPSA) is 50.5 Å². The fourth-order valence-electron chi connectivity index (χ4n) is 3.43. The van der Waals surface area contributed by atoms with Crippen molar-refractivity contribution in [3.05, 3.63) is 60.6 Å². The molecule has 1 aliphatic rings. The predicted octanol–water partition coefficient (Wildman–Crippen LogP) is 4.40. The van der Waals surface area contributed by atoms with Crippen molar-refractivity contribution >= 4 is 15.4 Å². The van der Waals surface area contributed by atoms with E-state index in [0.29, 0.717) is 11.3 Å². The molecule has 4 nitrogen and oxygen atoms in total. The summed E-state index contributed by atoms with van der Waals surface area (Å²) in [5, 5.41) is 0. The van der Waals surface area contributed by atoms with Crippen LogP contribution in [0, 0.1) is 0 Å². The van der Waals surface area contributed by atoms with E-state index in [1.165, 1.54) is 5.57 Å². The average Bonchev–Trinajstić information content (AvgIpc) is 3.17. The second-order valence-corrected chi connectivity index (χ2v) is 10.1. The van der Waals surface area contributed by atoms with Gasteiger partial charge in [0, 0.05) is 18.7 Å². The molecule has 0 amide bonds. The molecule has 1 aromatic heterocycles. The van der Waals surface area contributed by atoms with E-state index in [4.69, 9.17) is 4.42 Å². The molecule has 1 aliphatic heterocycles. The Bertz CT molecular complexity index is 837. The van der Waals surface area contributed by atoms with E-state index in [0.717, 1.165) is 38.0 Å². The molecule has 1 aromatic carbocycles. The zero-order valence-electron chi connectivity index (χ0n) is 15.5. The second-order valence-electron chi connectivity index (χ2n) is 7.49. The summed E-state index contributed by atoms with van der Waals surface area (Å²) < 4.78 is 30.2. The maximum Gasteiger partial charge on any atom is 0.183 e. The highest BCUT2D eigenvalue weighted by molar-refractivity contribution is 7.92. The number of sulfone groups is 1. The monoisotopic (exact) mass is 373 g/mol. The van der Waals surface area contributed by atoms with Gasteiger partial charge in [0.15, 0.2) is 9.84 Å². The van der Waals surface area contributed by atoms with Gasteiger partial charge < -0.3 is 4.42 Å². The molecular weight excluding hydrogens is 346 g/mol. The summed E-state index contributed by atoms with van der Waals surface area (Å²) in [6.07, 6.45) is 8.28. The van der Waals surface area contributed by atoms with Crippen molar-refractivity contribution in [1.29, 1.82) is 0 Å². The van der Waals surface area contributed by atoms with Gasteiger partial charge in [0.2, 0.25) is 0 Å². The van der Waals surface area contributed by atoms with Crippen molar-refractivity contribution in [3.8, 4) is 0 Å². The normalized spacial score (nSPS) is 16.5. The van der Waals surface area contributed by atoms with Crippen LogP contribution in [0.2, 0.25) is 0 Å². The van der Waals surface area contributed by atoms with Crippen molar-refractivity contribution in [2.75, 3.05) is 19.6 Å². The third-order valence-corrected chi connectivity index (χ3v) is 7.71. The number of nitrogens with zero attached hydrogens (tertiary/aromatic N) is 1. The van der Waals surface area contributed by atoms with Gasteiger partial charge in [-0.15, -0.1) is 0 Å². The highest BCUT2D eigenvalue weighted by Crippen LogP contribution is 2.30. The van der Waals surface area contributed by atoms with Crippen LogP contribution in [0.15, 0.2) is 64.3 Å². The molecule has 0 saturated heterocycles. The lowest BCUT2D eigenvalue weighted by atomic mass is 10.0. The Hall–Kier alpha value is -1.85. The number of furan rings is 1. The Morgan fingerprint density at radius 2 is 1.92 bits per heavy atom. The molecule has 140 valence electrons. The Labute approximate surface area is 156 Å². The van der Waals surface area contributed by atoms with Gasteiger partial charge in [-0.25, -0.2) is 8.42 Å². The maximum absolute atomic E-state index is 12.9. The summed E-state index contributed by atoms with van der Waals surface area (Å²) >= 11 is 0. The number of hydrogen-bond acceptors (Lipinski definition) is 4. The molecule has 5 heteroatoms. The number of hydrogen-bond donors (Lipinski definition) is 0. The van der Waals surface area contributed by atoms with Crippen LogP contribution in [0.5, 0.6) is 0 Å². The molecule has 26 heavy (non-hydrogen) atoms. The van der Waals surface area contributed by atoms with Gasteiger partial charge in [-0.05, 0) is 63.4 Å². The Kier molecular flexibility index (Phi) is 5.68. The third kappa shape index (κ3) is 4.10. The first-order valence-electron chi connectivity index (χ1n) is 9.14. The molecule has 0 aliphatic carbocycles. The van der Waals surface area contributed by atoms with E-state index in [1.807, 2.05) is 26.0 Å². The molecule has 3 rings (SSSR count). The molecule has 0 saturated carbocycles. The minimum absolute atomic E-state index is 0.410. The van der Waals surface area contributed by atoms with E-state index in [1.54, 1.807) is 36.8 Å². The Morgan fingerprint density at radius 1 is 1.15 bits per heavy atom. The van der Waals surface area contributed by atoms with Crippen molar-refractivity contribution in [3.63, 3.8) is 0 Å². The summed E-state index contributed by atoms with van der Waals surface area (Å²) in [7, 11) is -3.33. The van der Waals surface area contributed by atoms with Gasteiger partial charge >= 0.3 is 0 Å². The van der Waals surface area contributed by atoms with E-state index in [-0.39, 0.29) is 0 Å². The Balaban J connectivity index is 1.57. The summed E-state index contributed by atoms with van der Waals surface area (Å²) in [6.45, 7) is 6.49. The minimum Gasteiger partial charge on any atom is -0.472 e. The van der Waals surface area contributed by atoms with Crippen molar-refractivity contribution < 1.29 is 12.8 Å². The highest BCUT2D eigenvalue weighted by atomic mass is 32.2. The fraction of sp³-hybridized carbons (Fsp3) is 0.429. The second kappa shape index (κ2) is 7.80. The average molecular weight is 374 g/mol. The molecule has 0 atom stereocenters. The third-order valence-electron chi connectivity index (χ3n) is 5.16. The predicted molar refractivity (Wildman–Crippen MR) is 105 cm³/mol. The van der Waals surface area contributed by atoms with Gasteiger partial charge in [-0.2, -0.15) is 0 Å². The van der Waals surface area contributed by atoms with Crippen LogP contribution in [0.3, 0.4) is 0 Å². The molecule has 0 bridgehead atoms. The van der Waals surface area contributed by atoms with Crippen LogP contribution in [-0.4, -0.2) is 37.7 Å². The lowest BCUT2D eigenvalue weighted by molar-refractivity contribution is 0.292. The highest BCUT2D eigenvalue weighted by Gasteiger charge is 2.35. The smallest absolute Gasteiger partial charge is 0.183 e. The molecule has 0 N–H and O–H groups in total. The zero-order chi connectivity index (χ0) is 18.6. The summed E-state index contributed by atoms with van der Waals surface area (Å²) in [6, 6.07) is 10.8. The molecule has 2 aromatic rings. The zero-order valence-corrected chi connectivity index (χ0v) is 16.3. The van der Waals surface area contributed by atoms with E-state index in [9.17, 15) is 8.42 Å². The minimum atomic E-state index is -3.33. The number of benzene rings is 1. The molecule has 0 unspecified atom stereocenters. The van der Waals surface area contributed by atoms with Crippen LogP contribution in [0.1, 0.15) is 38.7 Å². The van der Waals surface area contributed by atoms with Crippen LogP contribution in [0.25, 0.3) is 5.57 Å². The van der Waals surface area contributed by atoms with Gasteiger partial charge in [-0.1, -0.05) is 24.3 Å². The summed E-state index contributed by atoms with van der Waals surface area (Å²) in [5.41, 5.74) is 2.43. The SMILES string of the molecule is CC(C)(CCCN1CCC=C(c2ccoc2)C1)S(=O)(=O)c1ccccc1. The molecule has 0 fully saturated rings. The summed E-state index contributed by atoms with van der Waals surface area (Å²) in [4.78, 5) is 2.81. The van der Waals surface area contributed by atoms with Gasteiger partial charge in [0.1, 0.15) is 0 Å². The van der Waals surface area contributed by atoms with Gasteiger partial charge in [0.05, 0.1) is 22.2 Å². The maximum atomic E-state index is 12.9. The van der Waals surface area contributed by atoms with Gasteiger partial charge in [0.25, 0.3) is 0 Å². The lowest BCUT2D eigenvalue weighted by Gasteiger charge is -2.29. The van der Waals surface area contributed by atoms with Crippen LogP contribution in [-0.2, 0) is 9.84 Å². The van der Waals surface area contributed by atoms with E-state index >= 15 is 0 Å². The van der Waals surface area contributed by atoms with Crippen LogP contribution < -0.4 is 0 Å². The first-order valence-corrected chi connectivity index (χ1v) is 10.6. The van der Waals surface area contributed by atoms with Crippen molar-refractivity contribution in [2.24, 2.45) is 0 Å². The molecule has 2 heterocycles. The summed E-state index contributed by atoms with van der Waals surface area (Å²) in [5.74, 6) is 0. The standard InChI is InChI=1S/C21H27NO3S/c1-21(2,26(23,24)20-9-4-3-5-10-20)12-7-14-22-13-6-8-18(16-22)19-11-15-25-17-19/h3-5,8-11,15,17H,6-7,12-14,16H2,1-2H3. The van der Waals surface area contributed by atoms with E-state index < -0.39 is 14.6 Å². The first-order chi connectivity index (χ1) is 12.4. The van der Waals surface area contributed by atoms with Crippen LogP contribution >= 0.6 is 0 Å². The molecule has 0 spiro atoms. The molecule has 0 radical (unpaired) electrons.